The highest BCUT2D eigenvalue weighted by atomic mass is 35.5. The van der Waals surface area contributed by atoms with Gasteiger partial charge in [-0.1, -0.05) is 17.7 Å². The fraction of sp³-hybridized carbons (Fsp3) is 0. The minimum atomic E-state index is -0.332. The molecule has 4 aromatic rings. The van der Waals surface area contributed by atoms with Crippen molar-refractivity contribution in [2.45, 2.75) is 0 Å². The SMILES string of the molecule is Fc1ccc2c(Nc3ccc(Cl)c(-c4ccccn4)c3)ncnc2c1. The molecule has 2 heterocycles. The number of hydrogen-bond donors (Lipinski definition) is 1. The zero-order chi connectivity index (χ0) is 17.2. The van der Waals surface area contributed by atoms with Gasteiger partial charge in [0.25, 0.3) is 0 Å². The Hall–Kier alpha value is -3.05. The highest BCUT2D eigenvalue weighted by Gasteiger charge is 2.09. The lowest BCUT2D eigenvalue weighted by molar-refractivity contribution is 0.629. The number of halogens is 2. The van der Waals surface area contributed by atoms with Crippen molar-refractivity contribution >= 4 is 34.0 Å². The van der Waals surface area contributed by atoms with Crippen LogP contribution < -0.4 is 5.32 Å². The van der Waals surface area contributed by atoms with Crippen molar-refractivity contribution in [2.24, 2.45) is 0 Å². The zero-order valence-corrected chi connectivity index (χ0v) is 13.7. The molecule has 0 saturated carbocycles. The molecule has 0 spiro atoms. The van der Waals surface area contributed by atoms with E-state index in [4.69, 9.17) is 11.6 Å². The maximum Gasteiger partial charge on any atom is 0.141 e. The average molecular weight is 351 g/mol. The summed E-state index contributed by atoms with van der Waals surface area (Å²) in [5, 5.41) is 4.59. The van der Waals surface area contributed by atoms with Crippen molar-refractivity contribution in [3.8, 4) is 11.3 Å². The van der Waals surface area contributed by atoms with E-state index in [9.17, 15) is 4.39 Å². The fourth-order valence-electron chi connectivity index (χ4n) is 2.59. The van der Waals surface area contributed by atoms with Crippen LogP contribution in [0.4, 0.5) is 15.9 Å². The van der Waals surface area contributed by atoms with Gasteiger partial charge >= 0.3 is 0 Å². The summed E-state index contributed by atoms with van der Waals surface area (Å²) >= 11 is 6.31. The molecule has 6 heteroatoms. The van der Waals surface area contributed by atoms with Crippen molar-refractivity contribution < 1.29 is 4.39 Å². The first-order valence-corrected chi connectivity index (χ1v) is 7.97. The molecule has 1 N–H and O–H groups in total. The van der Waals surface area contributed by atoms with E-state index in [0.717, 1.165) is 22.3 Å². The summed E-state index contributed by atoms with van der Waals surface area (Å²) in [5.41, 5.74) is 2.94. The first-order chi connectivity index (χ1) is 12.2. The Bertz CT molecular complexity index is 1050. The summed E-state index contributed by atoms with van der Waals surface area (Å²) in [6.45, 7) is 0. The van der Waals surface area contributed by atoms with Gasteiger partial charge in [0, 0.05) is 28.9 Å². The summed E-state index contributed by atoms with van der Waals surface area (Å²) in [6.07, 6.45) is 3.12. The number of anilines is 2. The van der Waals surface area contributed by atoms with Crippen LogP contribution >= 0.6 is 11.6 Å². The summed E-state index contributed by atoms with van der Waals surface area (Å²) in [6, 6.07) is 15.6. The van der Waals surface area contributed by atoms with Crippen molar-refractivity contribution in [3.63, 3.8) is 0 Å². The summed E-state index contributed by atoms with van der Waals surface area (Å²) < 4.78 is 13.4. The summed E-state index contributed by atoms with van der Waals surface area (Å²) in [4.78, 5) is 12.7. The molecular formula is C19H12ClFN4. The molecule has 25 heavy (non-hydrogen) atoms. The molecule has 0 aliphatic heterocycles. The van der Waals surface area contributed by atoms with E-state index < -0.39 is 0 Å². The van der Waals surface area contributed by atoms with Gasteiger partial charge in [-0.25, -0.2) is 14.4 Å². The number of rotatable bonds is 3. The molecule has 2 aromatic carbocycles. The molecule has 0 amide bonds. The summed E-state index contributed by atoms with van der Waals surface area (Å²) in [7, 11) is 0. The molecule has 0 radical (unpaired) electrons. The molecule has 0 aliphatic rings. The Morgan fingerprint density at radius 2 is 1.84 bits per heavy atom. The number of nitrogens with zero attached hydrogens (tertiary/aromatic N) is 3. The van der Waals surface area contributed by atoms with Gasteiger partial charge in [-0.3, -0.25) is 4.98 Å². The minimum absolute atomic E-state index is 0.332. The number of fused-ring (bicyclic) bond motifs is 1. The van der Waals surface area contributed by atoms with E-state index in [-0.39, 0.29) is 5.82 Å². The number of aromatic nitrogens is 3. The normalized spacial score (nSPS) is 10.8. The molecule has 0 aliphatic carbocycles. The molecule has 0 atom stereocenters. The number of hydrogen-bond acceptors (Lipinski definition) is 4. The average Bonchev–Trinajstić information content (AvgIpc) is 2.64. The third-order valence-corrected chi connectivity index (χ3v) is 4.10. The molecule has 0 saturated heterocycles. The monoisotopic (exact) mass is 350 g/mol. The van der Waals surface area contributed by atoms with Gasteiger partial charge in [-0.15, -0.1) is 0 Å². The smallest absolute Gasteiger partial charge is 0.141 e. The van der Waals surface area contributed by atoms with Crippen LogP contribution in [0.15, 0.2) is 67.1 Å². The molecule has 4 rings (SSSR count). The third kappa shape index (κ3) is 3.14. The first-order valence-electron chi connectivity index (χ1n) is 7.59. The fourth-order valence-corrected chi connectivity index (χ4v) is 2.80. The van der Waals surface area contributed by atoms with Crippen LogP contribution in [0.2, 0.25) is 5.02 Å². The predicted octanol–water partition coefficient (Wildman–Crippen LogP) is 5.23. The van der Waals surface area contributed by atoms with E-state index in [2.05, 4.69) is 20.3 Å². The van der Waals surface area contributed by atoms with Crippen LogP contribution in [-0.4, -0.2) is 15.0 Å². The van der Waals surface area contributed by atoms with Crippen molar-refractivity contribution in [1.82, 2.24) is 15.0 Å². The first kappa shape index (κ1) is 15.5. The zero-order valence-electron chi connectivity index (χ0n) is 12.9. The van der Waals surface area contributed by atoms with Crippen molar-refractivity contribution in [3.05, 3.63) is 78.0 Å². The molecule has 4 nitrogen and oxygen atoms in total. The maximum absolute atomic E-state index is 13.4. The maximum atomic E-state index is 13.4. The lowest BCUT2D eigenvalue weighted by atomic mass is 10.1. The molecule has 2 aromatic heterocycles. The minimum Gasteiger partial charge on any atom is -0.340 e. The Kier molecular flexibility index (Phi) is 3.99. The molecule has 0 unspecified atom stereocenters. The Balaban J connectivity index is 1.75. The second-order valence-electron chi connectivity index (χ2n) is 5.42. The van der Waals surface area contributed by atoms with Gasteiger partial charge in [0.2, 0.25) is 0 Å². The Morgan fingerprint density at radius 1 is 0.920 bits per heavy atom. The van der Waals surface area contributed by atoms with E-state index in [1.165, 1.54) is 18.5 Å². The Labute approximate surface area is 148 Å². The van der Waals surface area contributed by atoms with Gasteiger partial charge in [0.1, 0.15) is 18.0 Å². The number of nitrogens with one attached hydrogen (secondary N) is 1. The molecule has 122 valence electrons. The number of pyridine rings is 1. The van der Waals surface area contributed by atoms with Gasteiger partial charge < -0.3 is 5.32 Å². The van der Waals surface area contributed by atoms with Gasteiger partial charge in [0.15, 0.2) is 0 Å². The molecule has 0 fully saturated rings. The van der Waals surface area contributed by atoms with E-state index >= 15 is 0 Å². The molecule has 0 bridgehead atoms. The van der Waals surface area contributed by atoms with E-state index in [0.29, 0.717) is 16.4 Å². The quantitative estimate of drug-likeness (QED) is 0.549. The van der Waals surface area contributed by atoms with Crippen LogP contribution in [-0.2, 0) is 0 Å². The predicted molar refractivity (Wildman–Crippen MR) is 97.5 cm³/mol. The van der Waals surface area contributed by atoms with Crippen LogP contribution in [0.25, 0.3) is 22.2 Å². The van der Waals surface area contributed by atoms with Gasteiger partial charge in [-0.2, -0.15) is 0 Å². The van der Waals surface area contributed by atoms with Crippen molar-refractivity contribution in [1.29, 1.82) is 0 Å². The van der Waals surface area contributed by atoms with Crippen LogP contribution in [0, 0.1) is 5.82 Å². The molecular weight excluding hydrogens is 339 g/mol. The largest absolute Gasteiger partial charge is 0.340 e. The summed E-state index contributed by atoms with van der Waals surface area (Å²) in [5.74, 6) is 0.264. The second-order valence-corrected chi connectivity index (χ2v) is 5.83. The van der Waals surface area contributed by atoms with Crippen LogP contribution in [0.1, 0.15) is 0 Å². The number of benzene rings is 2. The third-order valence-electron chi connectivity index (χ3n) is 3.77. The highest BCUT2D eigenvalue weighted by Crippen LogP contribution is 2.31. The van der Waals surface area contributed by atoms with Crippen LogP contribution in [0.3, 0.4) is 0 Å². The second kappa shape index (κ2) is 6.45. The van der Waals surface area contributed by atoms with Gasteiger partial charge in [0.05, 0.1) is 16.2 Å². The van der Waals surface area contributed by atoms with Crippen LogP contribution in [0.5, 0.6) is 0 Å². The standard InChI is InChI=1S/C19H12ClFN4/c20-16-7-5-13(10-15(16)17-3-1-2-8-22-17)25-19-14-6-4-12(21)9-18(14)23-11-24-19/h1-11H,(H,23,24,25). The van der Waals surface area contributed by atoms with E-state index in [1.807, 2.05) is 30.3 Å². The van der Waals surface area contributed by atoms with Crippen molar-refractivity contribution in [2.75, 3.05) is 5.32 Å². The van der Waals surface area contributed by atoms with E-state index in [1.54, 1.807) is 18.3 Å². The Morgan fingerprint density at radius 3 is 2.68 bits per heavy atom. The topological polar surface area (TPSA) is 50.7 Å². The lowest BCUT2D eigenvalue weighted by Crippen LogP contribution is -1.97. The highest BCUT2D eigenvalue weighted by molar-refractivity contribution is 6.33. The lowest BCUT2D eigenvalue weighted by Gasteiger charge is -2.11. The van der Waals surface area contributed by atoms with Gasteiger partial charge in [-0.05, 0) is 42.5 Å².